The van der Waals surface area contributed by atoms with Crippen LogP contribution in [-0.2, 0) is 0 Å². The Hall–Kier alpha value is 0.0900. The largest absolute Gasteiger partial charge is 0.150 e. The van der Waals surface area contributed by atoms with Crippen LogP contribution in [0.2, 0.25) is 0 Å². The third-order valence-electron chi connectivity index (χ3n) is 4.36. The zero-order valence-corrected chi connectivity index (χ0v) is 9.84. The lowest BCUT2D eigenvalue weighted by Gasteiger charge is -2.38. The van der Waals surface area contributed by atoms with Crippen molar-refractivity contribution in [3.63, 3.8) is 0 Å². The highest BCUT2D eigenvalue weighted by Gasteiger charge is 2.60. The van der Waals surface area contributed by atoms with Crippen molar-refractivity contribution < 1.29 is 0 Å². The summed E-state index contributed by atoms with van der Waals surface area (Å²) >= 11 is 2.14. The van der Waals surface area contributed by atoms with E-state index in [0.29, 0.717) is 10.2 Å². The lowest BCUT2D eigenvalue weighted by atomic mass is 9.81. The van der Waals surface area contributed by atoms with Gasteiger partial charge in [-0.05, 0) is 36.3 Å². The second-order valence-electron chi connectivity index (χ2n) is 5.02. The Morgan fingerprint density at radius 3 is 2.62 bits per heavy atom. The summed E-state index contributed by atoms with van der Waals surface area (Å²) in [6.45, 7) is 11.5. The quantitative estimate of drug-likeness (QED) is 0.604. The van der Waals surface area contributed by atoms with Gasteiger partial charge in [-0.25, -0.2) is 0 Å². The van der Waals surface area contributed by atoms with Gasteiger partial charge in [0.25, 0.3) is 0 Å². The van der Waals surface area contributed by atoms with Crippen LogP contribution in [0.5, 0.6) is 0 Å². The molecule has 0 aromatic heterocycles. The first-order valence-corrected chi connectivity index (χ1v) is 6.35. The molecule has 2 saturated carbocycles. The molecule has 0 radical (unpaired) electrons. The van der Waals surface area contributed by atoms with Crippen molar-refractivity contribution in [1.29, 1.82) is 0 Å². The minimum Gasteiger partial charge on any atom is -0.150 e. The standard InChI is InChI=1S/C12H20S/c1-5-13-12-7-6-10(8-9(12)2)11(12,3)4/h10H,2,5-8H2,1,3-4H3/t10-,12-/m0/s1. The van der Waals surface area contributed by atoms with Gasteiger partial charge in [0, 0.05) is 4.75 Å². The highest BCUT2D eigenvalue weighted by atomic mass is 32.2. The first kappa shape index (κ1) is 9.64. The van der Waals surface area contributed by atoms with Gasteiger partial charge in [0.15, 0.2) is 0 Å². The molecule has 0 aromatic rings. The van der Waals surface area contributed by atoms with E-state index in [1.165, 1.54) is 30.6 Å². The number of thioether (sulfide) groups is 1. The molecule has 13 heavy (non-hydrogen) atoms. The Kier molecular flexibility index (Phi) is 2.07. The van der Waals surface area contributed by atoms with E-state index in [9.17, 15) is 0 Å². The Balaban J connectivity index is 2.37. The van der Waals surface area contributed by atoms with Gasteiger partial charge in [-0.3, -0.25) is 0 Å². The summed E-state index contributed by atoms with van der Waals surface area (Å²) in [6, 6.07) is 0. The molecule has 2 fully saturated rings. The van der Waals surface area contributed by atoms with Gasteiger partial charge in [0.05, 0.1) is 0 Å². The van der Waals surface area contributed by atoms with E-state index >= 15 is 0 Å². The summed E-state index contributed by atoms with van der Waals surface area (Å²) in [4.78, 5) is 0. The van der Waals surface area contributed by atoms with Gasteiger partial charge in [-0.15, -0.1) is 0 Å². The summed E-state index contributed by atoms with van der Waals surface area (Å²) in [7, 11) is 0. The van der Waals surface area contributed by atoms with Crippen LogP contribution in [-0.4, -0.2) is 10.5 Å². The van der Waals surface area contributed by atoms with Crippen LogP contribution in [0.25, 0.3) is 0 Å². The third-order valence-corrected chi connectivity index (χ3v) is 6.16. The Morgan fingerprint density at radius 1 is 1.54 bits per heavy atom. The van der Waals surface area contributed by atoms with E-state index in [2.05, 4.69) is 39.1 Å². The molecule has 0 N–H and O–H groups in total. The van der Waals surface area contributed by atoms with Crippen LogP contribution in [0.1, 0.15) is 40.0 Å². The maximum Gasteiger partial charge on any atom is 0.0419 e. The number of rotatable bonds is 2. The molecule has 0 nitrogen and oxygen atoms in total. The van der Waals surface area contributed by atoms with Gasteiger partial charge >= 0.3 is 0 Å². The average Bonchev–Trinajstić information content (AvgIpc) is 2.38. The van der Waals surface area contributed by atoms with Gasteiger partial charge < -0.3 is 0 Å². The zero-order chi connectivity index (χ0) is 9.69. The number of fused-ring (bicyclic) bond motifs is 2. The van der Waals surface area contributed by atoms with Gasteiger partial charge in [0.2, 0.25) is 0 Å². The summed E-state index contributed by atoms with van der Waals surface area (Å²) in [5, 5.41) is 0. The van der Waals surface area contributed by atoms with Crippen LogP contribution in [0.4, 0.5) is 0 Å². The van der Waals surface area contributed by atoms with E-state index < -0.39 is 0 Å². The van der Waals surface area contributed by atoms with E-state index in [4.69, 9.17) is 0 Å². The zero-order valence-electron chi connectivity index (χ0n) is 9.02. The minimum absolute atomic E-state index is 0.437. The molecule has 0 spiro atoms. The van der Waals surface area contributed by atoms with Crippen molar-refractivity contribution in [2.75, 3.05) is 5.75 Å². The van der Waals surface area contributed by atoms with Crippen molar-refractivity contribution in [2.45, 2.75) is 44.8 Å². The molecule has 0 heterocycles. The third kappa shape index (κ3) is 1.000. The molecule has 2 aliphatic carbocycles. The maximum atomic E-state index is 4.30. The van der Waals surface area contributed by atoms with Gasteiger partial charge in [-0.1, -0.05) is 32.9 Å². The van der Waals surface area contributed by atoms with Crippen LogP contribution < -0.4 is 0 Å². The summed E-state index contributed by atoms with van der Waals surface area (Å²) in [5.74, 6) is 2.15. The summed E-state index contributed by atoms with van der Waals surface area (Å²) in [6.07, 6.45) is 4.10. The first-order chi connectivity index (χ1) is 6.04. The molecule has 0 amide bonds. The van der Waals surface area contributed by atoms with Crippen LogP contribution >= 0.6 is 11.8 Å². The molecule has 0 aliphatic heterocycles. The van der Waals surface area contributed by atoms with Crippen LogP contribution in [0.3, 0.4) is 0 Å². The highest BCUT2D eigenvalue weighted by Crippen LogP contribution is 2.67. The summed E-state index contributed by atoms with van der Waals surface area (Å²) < 4.78 is 0.437. The van der Waals surface area contributed by atoms with Gasteiger partial charge in [-0.2, -0.15) is 11.8 Å². The van der Waals surface area contributed by atoms with Gasteiger partial charge in [0.1, 0.15) is 0 Å². The number of hydrogen-bond donors (Lipinski definition) is 0. The van der Waals surface area contributed by atoms with Crippen LogP contribution in [0.15, 0.2) is 12.2 Å². The molecule has 74 valence electrons. The Morgan fingerprint density at radius 2 is 2.23 bits per heavy atom. The van der Waals surface area contributed by atoms with Crippen molar-refractivity contribution in [3.05, 3.63) is 12.2 Å². The fourth-order valence-corrected chi connectivity index (χ4v) is 5.03. The maximum absolute atomic E-state index is 4.30. The first-order valence-electron chi connectivity index (χ1n) is 5.37. The lowest BCUT2D eigenvalue weighted by Crippen LogP contribution is -2.35. The summed E-state index contributed by atoms with van der Waals surface area (Å²) in [5.41, 5.74) is 2.03. The SMILES string of the molecule is C=C1C[C@@H]2CC[C@@]1(SCC)C2(C)C. The molecule has 2 aliphatic rings. The van der Waals surface area contributed by atoms with E-state index in [1.807, 2.05) is 0 Å². The Labute approximate surface area is 86.2 Å². The second-order valence-corrected chi connectivity index (χ2v) is 6.59. The molecular weight excluding hydrogens is 176 g/mol. The van der Waals surface area contributed by atoms with Crippen molar-refractivity contribution >= 4 is 11.8 Å². The van der Waals surface area contributed by atoms with E-state index in [0.717, 1.165) is 5.92 Å². The van der Waals surface area contributed by atoms with Crippen molar-refractivity contribution in [3.8, 4) is 0 Å². The smallest absolute Gasteiger partial charge is 0.0419 e. The minimum atomic E-state index is 0.437. The van der Waals surface area contributed by atoms with Crippen molar-refractivity contribution in [2.24, 2.45) is 11.3 Å². The monoisotopic (exact) mass is 196 g/mol. The van der Waals surface area contributed by atoms with Crippen LogP contribution in [0, 0.1) is 11.3 Å². The Bertz CT molecular complexity index is 242. The average molecular weight is 196 g/mol. The normalized spacial score (nSPS) is 41.5. The second kappa shape index (κ2) is 2.79. The molecule has 1 heteroatoms. The molecule has 0 unspecified atom stereocenters. The molecule has 0 saturated heterocycles. The molecular formula is C12H20S. The topological polar surface area (TPSA) is 0 Å². The lowest BCUT2D eigenvalue weighted by molar-refractivity contribution is 0.285. The molecule has 2 bridgehead atoms. The predicted octanol–water partition coefficient (Wildman–Crippen LogP) is 3.87. The van der Waals surface area contributed by atoms with E-state index in [-0.39, 0.29) is 0 Å². The molecule has 2 rings (SSSR count). The number of hydrogen-bond acceptors (Lipinski definition) is 1. The van der Waals surface area contributed by atoms with Crippen molar-refractivity contribution in [1.82, 2.24) is 0 Å². The molecule has 0 aromatic carbocycles. The van der Waals surface area contributed by atoms with E-state index in [1.54, 1.807) is 0 Å². The predicted molar refractivity (Wildman–Crippen MR) is 61.1 cm³/mol. The fraction of sp³-hybridized carbons (Fsp3) is 0.833. The highest BCUT2D eigenvalue weighted by molar-refractivity contribution is 8.00. The molecule has 2 atom stereocenters. The fourth-order valence-electron chi connectivity index (χ4n) is 3.45.